The summed E-state index contributed by atoms with van der Waals surface area (Å²) < 4.78 is 15.6. The van der Waals surface area contributed by atoms with E-state index in [1.807, 2.05) is 0 Å². The Kier molecular flexibility index (Phi) is 3.99. The van der Waals surface area contributed by atoms with Gasteiger partial charge in [0.2, 0.25) is 0 Å². The zero-order chi connectivity index (χ0) is 12.1. The average Bonchev–Trinajstić information content (AvgIpc) is 2.28. The summed E-state index contributed by atoms with van der Waals surface area (Å²) in [6.07, 6.45) is -0.475. The summed E-state index contributed by atoms with van der Waals surface area (Å²) in [6.45, 7) is 1.70. The normalized spacial score (nSPS) is 11.7. The Hall–Kier alpha value is -1.91. The van der Waals surface area contributed by atoms with Crippen LogP contribution < -0.4 is 19.9 Å². The summed E-state index contributed by atoms with van der Waals surface area (Å²) in [6, 6.07) is 5.16. The van der Waals surface area contributed by atoms with Crippen molar-refractivity contribution in [3.8, 4) is 17.2 Å². The van der Waals surface area contributed by atoms with Crippen LogP contribution in [0.1, 0.15) is 6.92 Å². The molecule has 0 fully saturated rings. The third-order valence-electron chi connectivity index (χ3n) is 2.08. The molecule has 0 heterocycles. The summed E-state index contributed by atoms with van der Waals surface area (Å²) in [4.78, 5) is 0. The van der Waals surface area contributed by atoms with E-state index in [-0.39, 0.29) is 5.84 Å². The average molecular weight is 224 g/mol. The molecule has 16 heavy (non-hydrogen) atoms. The second-order valence-electron chi connectivity index (χ2n) is 3.26. The zero-order valence-corrected chi connectivity index (χ0v) is 9.61. The highest BCUT2D eigenvalue weighted by Crippen LogP contribution is 2.27. The molecule has 88 valence electrons. The monoisotopic (exact) mass is 224 g/mol. The Labute approximate surface area is 94.6 Å². The van der Waals surface area contributed by atoms with Crippen LogP contribution in [0.4, 0.5) is 0 Å². The van der Waals surface area contributed by atoms with Gasteiger partial charge in [0.05, 0.1) is 14.2 Å². The van der Waals surface area contributed by atoms with E-state index in [4.69, 9.17) is 25.4 Å². The van der Waals surface area contributed by atoms with Crippen LogP contribution in [0.15, 0.2) is 18.2 Å². The molecule has 1 aromatic carbocycles. The lowest BCUT2D eigenvalue weighted by Crippen LogP contribution is -2.29. The molecule has 5 heteroatoms. The van der Waals surface area contributed by atoms with Gasteiger partial charge in [0.15, 0.2) is 6.10 Å². The molecule has 0 spiro atoms. The number of amidine groups is 1. The molecule has 0 aromatic heterocycles. The Morgan fingerprint density at radius 2 is 1.56 bits per heavy atom. The first-order valence-electron chi connectivity index (χ1n) is 4.80. The SMILES string of the molecule is COc1cc(OC)cc(OC(C)C(=N)N)c1. The summed E-state index contributed by atoms with van der Waals surface area (Å²) in [5.74, 6) is 1.79. The third-order valence-corrected chi connectivity index (χ3v) is 2.08. The maximum absolute atomic E-state index is 7.24. The Morgan fingerprint density at radius 3 is 1.94 bits per heavy atom. The van der Waals surface area contributed by atoms with Crippen LogP contribution >= 0.6 is 0 Å². The highest BCUT2D eigenvalue weighted by molar-refractivity contribution is 5.81. The predicted octanol–water partition coefficient (Wildman–Crippen LogP) is 1.41. The fourth-order valence-electron chi connectivity index (χ4n) is 1.12. The Morgan fingerprint density at radius 1 is 1.12 bits per heavy atom. The summed E-state index contributed by atoms with van der Waals surface area (Å²) in [5, 5.41) is 7.24. The minimum absolute atomic E-state index is 0.0261. The van der Waals surface area contributed by atoms with E-state index in [0.717, 1.165) is 0 Å². The van der Waals surface area contributed by atoms with Crippen molar-refractivity contribution < 1.29 is 14.2 Å². The van der Waals surface area contributed by atoms with Gasteiger partial charge in [0, 0.05) is 18.2 Å². The van der Waals surface area contributed by atoms with Crippen LogP contribution in [0.25, 0.3) is 0 Å². The molecule has 0 aliphatic heterocycles. The fourth-order valence-corrected chi connectivity index (χ4v) is 1.12. The number of methoxy groups -OCH3 is 2. The number of hydrogen-bond donors (Lipinski definition) is 2. The van der Waals surface area contributed by atoms with E-state index >= 15 is 0 Å². The molecule has 3 N–H and O–H groups in total. The number of benzene rings is 1. The first kappa shape index (κ1) is 12.2. The minimum atomic E-state index is -0.475. The quantitative estimate of drug-likeness (QED) is 0.585. The zero-order valence-electron chi connectivity index (χ0n) is 9.61. The van der Waals surface area contributed by atoms with Gasteiger partial charge in [0.25, 0.3) is 0 Å². The van der Waals surface area contributed by atoms with Crippen LogP contribution in [-0.2, 0) is 0 Å². The molecule has 5 nitrogen and oxygen atoms in total. The second kappa shape index (κ2) is 5.25. The van der Waals surface area contributed by atoms with Crippen LogP contribution in [0.5, 0.6) is 17.2 Å². The minimum Gasteiger partial charge on any atom is -0.496 e. The van der Waals surface area contributed by atoms with Crippen molar-refractivity contribution in [1.82, 2.24) is 0 Å². The van der Waals surface area contributed by atoms with E-state index in [9.17, 15) is 0 Å². The Balaban J connectivity index is 2.90. The highest BCUT2D eigenvalue weighted by Gasteiger charge is 2.09. The molecule has 1 rings (SSSR count). The van der Waals surface area contributed by atoms with Gasteiger partial charge >= 0.3 is 0 Å². The van der Waals surface area contributed by atoms with Crippen LogP contribution in [0, 0.1) is 5.41 Å². The van der Waals surface area contributed by atoms with Gasteiger partial charge in [-0.1, -0.05) is 0 Å². The number of ether oxygens (including phenoxy) is 3. The van der Waals surface area contributed by atoms with Gasteiger partial charge in [-0.15, -0.1) is 0 Å². The molecule has 1 atom stereocenters. The lowest BCUT2D eigenvalue weighted by molar-refractivity contribution is 0.280. The number of rotatable bonds is 5. The van der Waals surface area contributed by atoms with Crippen LogP contribution in [0.3, 0.4) is 0 Å². The molecule has 0 saturated carbocycles. The lowest BCUT2D eigenvalue weighted by atomic mass is 10.3. The molecule has 0 aliphatic carbocycles. The van der Waals surface area contributed by atoms with E-state index < -0.39 is 6.10 Å². The highest BCUT2D eigenvalue weighted by atomic mass is 16.5. The molecule has 0 aliphatic rings. The van der Waals surface area contributed by atoms with E-state index in [1.54, 1.807) is 39.3 Å². The smallest absolute Gasteiger partial charge is 0.152 e. The van der Waals surface area contributed by atoms with Gasteiger partial charge in [-0.05, 0) is 6.92 Å². The molecule has 0 bridgehead atoms. The maximum Gasteiger partial charge on any atom is 0.152 e. The second-order valence-corrected chi connectivity index (χ2v) is 3.26. The van der Waals surface area contributed by atoms with Crippen molar-refractivity contribution in [2.24, 2.45) is 5.73 Å². The van der Waals surface area contributed by atoms with Crippen molar-refractivity contribution >= 4 is 5.84 Å². The summed E-state index contributed by atoms with van der Waals surface area (Å²) >= 11 is 0. The third kappa shape index (κ3) is 3.05. The van der Waals surface area contributed by atoms with Crippen molar-refractivity contribution in [3.63, 3.8) is 0 Å². The number of nitrogens with two attached hydrogens (primary N) is 1. The molecule has 1 aromatic rings. The molecule has 1 unspecified atom stereocenters. The lowest BCUT2D eigenvalue weighted by Gasteiger charge is -2.14. The van der Waals surface area contributed by atoms with Gasteiger partial charge in [0.1, 0.15) is 23.1 Å². The van der Waals surface area contributed by atoms with Crippen molar-refractivity contribution in [2.75, 3.05) is 14.2 Å². The van der Waals surface area contributed by atoms with E-state index in [1.165, 1.54) is 0 Å². The van der Waals surface area contributed by atoms with Gasteiger partial charge in [-0.3, -0.25) is 5.41 Å². The first-order valence-corrected chi connectivity index (χ1v) is 4.80. The topological polar surface area (TPSA) is 77.6 Å². The van der Waals surface area contributed by atoms with Crippen LogP contribution in [0.2, 0.25) is 0 Å². The first-order chi connectivity index (χ1) is 7.56. The summed E-state index contributed by atoms with van der Waals surface area (Å²) in [5.41, 5.74) is 5.32. The standard InChI is InChI=1S/C11H16N2O3/c1-7(11(12)13)16-10-5-8(14-2)4-9(6-10)15-3/h4-7H,1-3H3,(H3,12,13). The molecule has 0 amide bonds. The van der Waals surface area contributed by atoms with E-state index in [0.29, 0.717) is 17.2 Å². The van der Waals surface area contributed by atoms with Crippen molar-refractivity contribution in [2.45, 2.75) is 13.0 Å². The molecule has 0 saturated heterocycles. The van der Waals surface area contributed by atoms with Crippen molar-refractivity contribution in [3.05, 3.63) is 18.2 Å². The van der Waals surface area contributed by atoms with Gasteiger partial charge in [-0.25, -0.2) is 0 Å². The maximum atomic E-state index is 7.24. The molecular formula is C11H16N2O3. The number of nitrogens with one attached hydrogen (secondary N) is 1. The largest absolute Gasteiger partial charge is 0.496 e. The van der Waals surface area contributed by atoms with Crippen molar-refractivity contribution in [1.29, 1.82) is 5.41 Å². The molecule has 0 radical (unpaired) electrons. The fraction of sp³-hybridized carbons (Fsp3) is 0.364. The van der Waals surface area contributed by atoms with E-state index in [2.05, 4.69) is 0 Å². The summed E-state index contributed by atoms with van der Waals surface area (Å²) in [7, 11) is 3.12. The van der Waals surface area contributed by atoms with Crippen LogP contribution in [-0.4, -0.2) is 26.2 Å². The van der Waals surface area contributed by atoms with Gasteiger partial charge in [-0.2, -0.15) is 0 Å². The number of hydrogen-bond acceptors (Lipinski definition) is 4. The van der Waals surface area contributed by atoms with Gasteiger partial charge < -0.3 is 19.9 Å². The molecular weight excluding hydrogens is 208 g/mol. The predicted molar refractivity (Wildman–Crippen MR) is 61.6 cm³/mol. The Bertz CT molecular complexity index is 357.